The second kappa shape index (κ2) is 7.83. The first-order valence-corrected chi connectivity index (χ1v) is 9.00. The number of carbonyl (C=O) groups is 1. The van der Waals surface area contributed by atoms with Gasteiger partial charge in [0.05, 0.1) is 0 Å². The van der Waals surface area contributed by atoms with Crippen LogP contribution in [0.3, 0.4) is 0 Å². The van der Waals surface area contributed by atoms with Crippen molar-refractivity contribution in [1.29, 1.82) is 0 Å². The summed E-state index contributed by atoms with van der Waals surface area (Å²) in [5, 5.41) is 3.67. The number of halogens is 1. The Morgan fingerprint density at radius 1 is 1.16 bits per heavy atom. The van der Waals surface area contributed by atoms with E-state index in [4.69, 9.17) is 11.6 Å². The fourth-order valence-corrected chi connectivity index (χ4v) is 3.25. The van der Waals surface area contributed by atoms with Gasteiger partial charge in [-0.05, 0) is 62.9 Å². The van der Waals surface area contributed by atoms with Crippen molar-refractivity contribution >= 4 is 23.5 Å². The average molecular weight is 359 g/mol. The minimum absolute atomic E-state index is 0.0447. The van der Waals surface area contributed by atoms with Crippen LogP contribution in [-0.2, 0) is 0 Å². The van der Waals surface area contributed by atoms with Crippen molar-refractivity contribution in [3.8, 4) is 0 Å². The number of nitrogens with zero attached hydrogens (tertiary/aromatic N) is 3. The SMILES string of the molecule is Cc1cc(C)nc(N2CCC(CNC(=O)c3ccc(Cl)cc3)CC2)n1. The lowest BCUT2D eigenvalue weighted by molar-refractivity contribution is 0.0945. The minimum Gasteiger partial charge on any atom is -0.352 e. The monoisotopic (exact) mass is 358 g/mol. The van der Waals surface area contributed by atoms with Gasteiger partial charge in [0.15, 0.2) is 0 Å². The van der Waals surface area contributed by atoms with Crippen molar-refractivity contribution in [2.24, 2.45) is 5.92 Å². The number of hydrogen-bond acceptors (Lipinski definition) is 4. The Labute approximate surface area is 153 Å². The van der Waals surface area contributed by atoms with E-state index in [9.17, 15) is 4.79 Å². The van der Waals surface area contributed by atoms with Gasteiger partial charge in [-0.25, -0.2) is 9.97 Å². The predicted octanol–water partition coefficient (Wildman–Crippen LogP) is 3.39. The van der Waals surface area contributed by atoms with Gasteiger partial charge in [-0.15, -0.1) is 0 Å². The highest BCUT2D eigenvalue weighted by molar-refractivity contribution is 6.30. The van der Waals surface area contributed by atoms with Crippen LogP contribution in [0, 0.1) is 19.8 Å². The van der Waals surface area contributed by atoms with Crippen molar-refractivity contribution in [2.45, 2.75) is 26.7 Å². The van der Waals surface area contributed by atoms with E-state index in [2.05, 4.69) is 20.2 Å². The molecule has 0 unspecified atom stereocenters. The molecule has 1 fully saturated rings. The Bertz CT molecular complexity index is 719. The molecular weight excluding hydrogens is 336 g/mol. The van der Waals surface area contributed by atoms with Gasteiger partial charge in [-0.2, -0.15) is 0 Å². The number of aryl methyl sites for hydroxylation is 2. The first-order valence-electron chi connectivity index (χ1n) is 8.62. The zero-order valence-electron chi connectivity index (χ0n) is 14.6. The number of piperidine rings is 1. The first-order chi connectivity index (χ1) is 12.0. The van der Waals surface area contributed by atoms with Crippen LogP contribution in [0.4, 0.5) is 5.95 Å². The van der Waals surface area contributed by atoms with Gasteiger partial charge >= 0.3 is 0 Å². The highest BCUT2D eigenvalue weighted by atomic mass is 35.5. The molecule has 2 heterocycles. The van der Waals surface area contributed by atoms with Crippen molar-refractivity contribution in [3.05, 3.63) is 52.3 Å². The molecule has 1 aliphatic rings. The summed E-state index contributed by atoms with van der Waals surface area (Å²) in [5.74, 6) is 1.26. The van der Waals surface area contributed by atoms with E-state index >= 15 is 0 Å². The van der Waals surface area contributed by atoms with Crippen LogP contribution in [0.15, 0.2) is 30.3 Å². The normalized spacial score (nSPS) is 15.2. The lowest BCUT2D eigenvalue weighted by Gasteiger charge is -2.32. The molecule has 3 rings (SSSR count). The molecule has 0 aliphatic carbocycles. The molecule has 0 saturated carbocycles. The summed E-state index contributed by atoms with van der Waals surface area (Å²) in [4.78, 5) is 23.5. The molecule has 1 aromatic heterocycles. The van der Waals surface area contributed by atoms with Gasteiger partial charge < -0.3 is 10.2 Å². The molecule has 0 spiro atoms. The molecule has 0 bridgehead atoms. The number of benzene rings is 1. The summed E-state index contributed by atoms with van der Waals surface area (Å²) in [6.07, 6.45) is 2.05. The Kier molecular flexibility index (Phi) is 5.53. The third-order valence-corrected chi connectivity index (χ3v) is 4.78. The average Bonchev–Trinajstić information content (AvgIpc) is 2.60. The van der Waals surface area contributed by atoms with Crippen molar-refractivity contribution < 1.29 is 4.79 Å². The van der Waals surface area contributed by atoms with Crippen LogP contribution in [0.2, 0.25) is 5.02 Å². The van der Waals surface area contributed by atoms with E-state index in [0.29, 0.717) is 23.0 Å². The largest absolute Gasteiger partial charge is 0.352 e. The lowest BCUT2D eigenvalue weighted by atomic mass is 9.97. The maximum atomic E-state index is 12.2. The van der Waals surface area contributed by atoms with Crippen LogP contribution in [0.25, 0.3) is 0 Å². The summed E-state index contributed by atoms with van der Waals surface area (Å²) in [5.41, 5.74) is 2.64. The fourth-order valence-electron chi connectivity index (χ4n) is 3.13. The molecule has 132 valence electrons. The first kappa shape index (κ1) is 17.7. The van der Waals surface area contributed by atoms with Crippen molar-refractivity contribution in [1.82, 2.24) is 15.3 Å². The molecule has 6 heteroatoms. The second-order valence-electron chi connectivity index (χ2n) is 6.60. The molecule has 2 aromatic rings. The quantitative estimate of drug-likeness (QED) is 0.910. The molecule has 1 aromatic carbocycles. The summed E-state index contributed by atoms with van der Waals surface area (Å²) < 4.78 is 0. The molecule has 0 atom stereocenters. The molecule has 5 nitrogen and oxygen atoms in total. The molecule has 1 saturated heterocycles. The van der Waals surface area contributed by atoms with Gasteiger partial charge in [0.25, 0.3) is 5.91 Å². The van der Waals surface area contributed by atoms with Gasteiger partial charge in [0.1, 0.15) is 0 Å². The van der Waals surface area contributed by atoms with E-state index in [1.165, 1.54) is 0 Å². The molecule has 1 amide bonds. The van der Waals surface area contributed by atoms with E-state index in [0.717, 1.165) is 43.3 Å². The number of aromatic nitrogens is 2. The summed E-state index contributed by atoms with van der Waals surface area (Å²) in [7, 11) is 0. The van der Waals surface area contributed by atoms with Gasteiger partial charge in [-0.1, -0.05) is 11.6 Å². The van der Waals surface area contributed by atoms with E-state index < -0.39 is 0 Å². The molecule has 25 heavy (non-hydrogen) atoms. The van der Waals surface area contributed by atoms with Crippen LogP contribution >= 0.6 is 11.6 Å². The Balaban J connectivity index is 1.49. The summed E-state index contributed by atoms with van der Waals surface area (Å²) >= 11 is 5.85. The third-order valence-electron chi connectivity index (χ3n) is 4.53. The fraction of sp³-hybridized carbons (Fsp3) is 0.421. The van der Waals surface area contributed by atoms with Crippen LogP contribution in [-0.4, -0.2) is 35.5 Å². The van der Waals surface area contributed by atoms with E-state index in [1.807, 2.05) is 19.9 Å². The third kappa shape index (κ3) is 4.69. The van der Waals surface area contributed by atoms with Crippen LogP contribution < -0.4 is 10.2 Å². The maximum Gasteiger partial charge on any atom is 0.251 e. The standard InChI is InChI=1S/C19H23ClN4O/c1-13-11-14(2)23-19(22-13)24-9-7-15(8-10-24)12-21-18(25)16-3-5-17(20)6-4-16/h3-6,11,15H,7-10,12H2,1-2H3,(H,21,25). The zero-order chi connectivity index (χ0) is 17.8. The van der Waals surface area contributed by atoms with Gasteiger partial charge in [0.2, 0.25) is 5.95 Å². The van der Waals surface area contributed by atoms with Gasteiger partial charge in [-0.3, -0.25) is 4.79 Å². The Hall–Kier alpha value is -2.14. The zero-order valence-corrected chi connectivity index (χ0v) is 15.4. The molecule has 0 radical (unpaired) electrons. The molecular formula is C19H23ClN4O. The molecule has 1 N–H and O–H groups in total. The summed E-state index contributed by atoms with van der Waals surface area (Å²) in [6.45, 7) is 6.53. The predicted molar refractivity (Wildman–Crippen MR) is 100 cm³/mol. The number of nitrogens with one attached hydrogen (secondary N) is 1. The number of anilines is 1. The molecule has 1 aliphatic heterocycles. The number of amides is 1. The van der Waals surface area contributed by atoms with Crippen molar-refractivity contribution in [3.63, 3.8) is 0 Å². The second-order valence-corrected chi connectivity index (χ2v) is 7.03. The number of rotatable bonds is 4. The van der Waals surface area contributed by atoms with Gasteiger partial charge in [0, 0.05) is 41.6 Å². The van der Waals surface area contributed by atoms with Crippen LogP contribution in [0.5, 0.6) is 0 Å². The maximum absolute atomic E-state index is 12.2. The smallest absolute Gasteiger partial charge is 0.251 e. The van der Waals surface area contributed by atoms with Crippen LogP contribution in [0.1, 0.15) is 34.6 Å². The van der Waals surface area contributed by atoms with Crippen molar-refractivity contribution in [2.75, 3.05) is 24.5 Å². The highest BCUT2D eigenvalue weighted by Gasteiger charge is 2.21. The Morgan fingerprint density at radius 2 is 1.76 bits per heavy atom. The number of carbonyl (C=O) groups excluding carboxylic acids is 1. The lowest BCUT2D eigenvalue weighted by Crippen LogP contribution is -2.39. The van der Waals surface area contributed by atoms with E-state index in [1.54, 1.807) is 24.3 Å². The highest BCUT2D eigenvalue weighted by Crippen LogP contribution is 2.21. The Morgan fingerprint density at radius 3 is 2.36 bits per heavy atom. The van der Waals surface area contributed by atoms with E-state index in [-0.39, 0.29) is 5.91 Å². The topological polar surface area (TPSA) is 58.1 Å². The summed E-state index contributed by atoms with van der Waals surface area (Å²) in [6, 6.07) is 8.95. The minimum atomic E-state index is -0.0447. The number of hydrogen-bond donors (Lipinski definition) is 1.